The number of aliphatic hydroxyl groups is 1. The highest BCUT2D eigenvalue weighted by Crippen LogP contribution is 2.29. The summed E-state index contributed by atoms with van der Waals surface area (Å²) in [6, 6.07) is 7.82. The standard InChI is InChI=1S/C13H16BrNO3/c14-10-3-1-4-11(7-10)15-6-2-5-13(18,9-15)8-12(16)17/h1,3-4,7,18H,2,5-6,8-9H2,(H,16,17). The highest BCUT2D eigenvalue weighted by Gasteiger charge is 2.35. The lowest BCUT2D eigenvalue weighted by Crippen LogP contribution is -2.49. The zero-order valence-electron chi connectivity index (χ0n) is 9.97. The summed E-state index contributed by atoms with van der Waals surface area (Å²) >= 11 is 3.41. The summed E-state index contributed by atoms with van der Waals surface area (Å²) in [5, 5.41) is 19.2. The van der Waals surface area contributed by atoms with Crippen molar-refractivity contribution >= 4 is 27.6 Å². The third kappa shape index (κ3) is 3.23. The molecule has 1 unspecified atom stereocenters. The van der Waals surface area contributed by atoms with Crippen LogP contribution in [-0.2, 0) is 4.79 Å². The molecule has 0 saturated carbocycles. The zero-order valence-corrected chi connectivity index (χ0v) is 11.6. The van der Waals surface area contributed by atoms with E-state index in [1.54, 1.807) is 0 Å². The molecule has 1 heterocycles. The van der Waals surface area contributed by atoms with Gasteiger partial charge in [-0.1, -0.05) is 22.0 Å². The minimum Gasteiger partial charge on any atom is -0.481 e. The van der Waals surface area contributed by atoms with Crippen molar-refractivity contribution in [3.05, 3.63) is 28.7 Å². The van der Waals surface area contributed by atoms with E-state index < -0.39 is 11.6 Å². The topological polar surface area (TPSA) is 60.8 Å². The van der Waals surface area contributed by atoms with Crippen molar-refractivity contribution in [2.45, 2.75) is 24.9 Å². The van der Waals surface area contributed by atoms with Crippen molar-refractivity contribution in [2.24, 2.45) is 0 Å². The van der Waals surface area contributed by atoms with Crippen molar-refractivity contribution in [3.63, 3.8) is 0 Å². The molecule has 0 radical (unpaired) electrons. The fourth-order valence-electron chi connectivity index (χ4n) is 2.43. The first-order valence-corrected chi connectivity index (χ1v) is 6.72. The second-order valence-electron chi connectivity index (χ2n) is 4.80. The Balaban J connectivity index is 2.13. The number of hydrogen-bond donors (Lipinski definition) is 2. The molecule has 0 aliphatic carbocycles. The molecule has 0 spiro atoms. The number of carboxylic acid groups (broad SMARTS) is 1. The smallest absolute Gasteiger partial charge is 0.306 e. The summed E-state index contributed by atoms with van der Waals surface area (Å²) in [6.45, 7) is 1.22. The van der Waals surface area contributed by atoms with Gasteiger partial charge in [0.25, 0.3) is 0 Å². The lowest BCUT2D eigenvalue weighted by Gasteiger charge is -2.39. The van der Waals surface area contributed by atoms with Gasteiger partial charge in [-0.3, -0.25) is 4.79 Å². The predicted molar refractivity (Wildman–Crippen MR) is 72.8 cm³/mol. The number of rotatable bonds is 3. The van der Waals surface area contributed by atoms with E-state index in [4.69, 9.17) is 5.11 Å². The van der Waals surface area contributed by atoms with Crippen LogP contribution in [-0.4, -0.2) is 34.9 Å². The third-order valence-electron chi connectivity index (χ3n) is 3.21. The van der Waals surface area contributed by atoms with E-state index >= 15 is 0 Å². The molecule has 0 aromatic heterocycles. The van der Waals surface area contributed by atoms with Crippen molar-refractivity contribution in [2.75, 3.05) is 18.0 Å². The maximum atomic E-state index is 10.8. The van der Waals surface area contributed by atoms with E-state index in [-0.39, 0.29) is 6.42 Å². The summed E-state index contributed by atoms with van der Waals surface area (Å²) in [5.41, 5.74) is -0.111. The minimum absolute atomic E-state index is 0.197. The van der Waals surface area contributed by atoms with Crippen molar-refractivity contribution < 1.29 is 15.0 Å². The molecule has 0 bridgehead atoms. The molecule has 1 fully saturated rings. The Hall–Kier alpha value is -1.07. The monoisotopic (exact) mass is 313 g/mol. The van der Waals surface area contributed by atoms with Crippen LogP contribution in [0.3, 0.4) is 0 Å². The Labute approximate surface area is 114 Å². The molecule has 5 heteroatoms. The molecule has 0 amide bonds. The van der Waals surface area contributed by atoms with Crippen LogP contribution in [0.25, 0.3) is 0 Å². The molecule has 2 rings (SSSR count). The van der Waals surface area contributed by atoms with E-state index in [9.17, 15) is 9.90 Å². The molecule has 1 saturated heterocycles. The number of aliphatic carboxylic acids is 1. The fourth-order valence-corrected chi connectivity index (χ4v) is 2.82. The summed E-state index contributed by atoms with van der Waals surface area (Å²) in [6.07, 6.45) is 1.15. The van der Waals surface area contributed by atoms with Crippen LogP contribution in [0.5, 0.6) is 0 Å². The largest absolute Gasteiger partial charge is 0.481 e. The normalized spacial score (nSPS) is 24.0. The number of piperidine rings is 1. The Morgan fingerprint density at radius 2 is 2.28 bits per heavy atom. The lowest BCUT2D eigenvalue weighted by atomic mass is 9.89. The lowest BCUT2D eigenvalue weighted by molar-refractivity contribution is -0.142. The number of carbonyl (C=O) groups is 1. The summed E-state index contributed by atoms with van der Waals surface area (Å²) < 4.78 is 0.979. The number of β-amino-alcohol motifs (C(OH)–C–C–N with tert-alkyl or cyclic N) is 1. The Bertz CT molecular complexity index is 452. The second-order valence-corrected chi connectivity index (χ2v) is 5.72. The van der Waals surface area contributed by atoms with Gasteiger partial charge in [-0.05, 0) is 31.0 Å². The quantitative estimate of drug-likeness (QED) is 0.898. The van der Waals surface area contributed by atoms with Crippen molar-refractivity contribution in [3.8, 4) is 0 Å². The minimum atomic E-state index is -1.12. The van der Waals surface area contributed by atoms with Crippen LogP contribution < -0.4 is 4.90 Å². The van der Waals surface area contributed by atoms with Gasteiger partial charge in [-0.15, -0.1) is 0 Å². The first-order valence-electron chi connectivity index (χ1n) is 5.93. The van der Waals surface area contributed by atoms with Crippen LogP contribution in [0.1, 0.15) is 19.3 Å². The van der Waals surface area contributed by atoms with E-state index in [2.05, 4.69) is 15.9 Å². The molecule has 1 aliphatic heterocycles. The van der Waals surface area contributed by atoms with E-state index in [0.717, 1.165) is 23.1 Å². The number of carboxylic acids is 1. The Kier molecular flexibility index (Phi) is 3.92. The average Bonchev–Trinajstić information content (AvgIpc) is 2.27. The third-order valence-corrected chi connectivity index (χ3v) is 3.70. The molecule has 1 aromatic carbocycles. The SMILES string of the molecule is O=C(O)CC1(O)CCCN(c2cccc(Br)c2)C1. The van der Waals surface area contributed by atoms with Crippen LogP contribution in [0.2, 0.25) is 0 Å². The Morgan fingerprint density at radius 1 is 1.50 bits per heavy atom. The molecule has 2 N–H and O–H groups in total. The molecular formula is C13H16BrNO3. The molecule has 1 aliphatic rings. The number of anilines is 1. The van der Waals surface area contributed by atoms with E-state index in [0.29, 0.717) is 13.0 Å². The molecule has 1 atom stereocenters. The summed E-state index contributed by atoms with van der Waals surface area (Å²) in [4.78, 5) is 12.8. The van der Waals surface area contributed by atoms with Gasteiger partial charge < -0.3 is 15.1 Å². The highest BCUT2D eigenvalue weighted by molar-refractivity contribution is 9.10. The van der Waals surface area contributed by atoms with Crippen LogP contribution in [0, 0.1) is 0 Å². The van der Waals surface area contributed by atoms with Gasteiger partial charge in [0.2, 0.25) is 0 Å². The first kappa shape index (κ1) is 13.4. The average molecular weight is 314 g/mol. The van der Waals surface area contributed by atoms with Gasteiger partial charge >= 0.3 is 5.97 Å². The molecule has 4 nitrogen and oxygen atoms in total. The van der Waals surface area contributed by atoms with E-state index in [1.807, 2.05) is 29.2 Å². The van der Waals surface area contributed by atoms with Crippen LogP contribution >= 0.6 is 15.9 Å². The predicted octanol–water partition coefficient (Wildman–Crippen LogP) is 2.26. The van der Waals surface area contributed by atoms with Crippen LogP contribution in [0.15, 0.2) is 28.7 Å². The van der Waals surface area contributed by atoms with E-state index in [1.165, 1.54) is 0 Å². The van der Waals surface area contributed by atoms with Gasteiger partial charge in [-0.25, -0.2) is 0 Å². The fraction of sp³-hybridized carbons (Fsp3) is 0.462. The van der Waals surface area contributed by atoms with Gasteiger partial charge in [0.05, 0.1) is 12.0 Å². The van der Waals surface area contributed by atoms with Crippen molar-refractivity contribution in [1.29, 1.82) is 0 Å². The first-order chi connectivity index (χ1) is 8.48. The molecule has 1 aromatic rings. The molecule has 18 heavy (non-hydrogen) atoms. The summed E-state index contributed by atoms with van der Waals surface area (Å²) in [5.74, 6) is -0.950. The van der Waals surface area contributed by atoms with Gasteiger partial charge in [0.15, 0.2) is 0 Å². The van der Waals surface area contributed by atoms with Gasteiger partial charge in [-0.2, -0.15) is 0 Å². The maximum Gasteiger partial charge on any atom is 0.306 e. The number of hydrogen-bond acceptors (Lipinski definition) is 3. The second kappa shape index (κ2) is 5.28. The van der Waals surface area contributed by atoms with Crippen molar-refractivity contribution in [1.82, 2.24) is 0 Å². The summed E-state index contributed by atoms with van der Waals surface area (Å²) in [7, 11) is 0. The highest BCUT2D eigenvalue weighted by atomic mass is 79.9. The zero-order chi connectivity index (χ0) is 13.2. The number of halogens is 1. The Morgan fingerprint density at radius 3 is 2.94 bits per heavy atom. The maximum absolute atomic E-state index is 10.8. The van der Waals surface area contributed by atoms with Gasteiger partial charge in [0.1, 0.15) is 0 Å². The molecule has 98 valence electrons. The number of benzene rings is 1. The van der Waals surface area contributed by atoms with Crippen LogP contribution in [0.4, 0.5) is 5.69 Å². The van der Waals surface area contributed by atoms with Gasteiger partial charge in [0, 0.05) is 23.2 Å². The number of nitrogens with zero attached hydrogens (tertiary/aromatic N) is 1. The molecular weight excluding hydrogens is 298 g/mol.